The van der Waals surface area contributed by atoms with Crippen LogP contribution in [0.4, 0.5) is 0 Å². The van der Waals surface area contributed by atoms with E-state index in [-0.39, 0.29) is 6.42 Å². The van der Waals surface area contributed by atoms with Gasteiger partial charge in [0.1, 0.15) is 22.8 Å². The Bertz CT molecular complexity index is 1060. The third kappa shape index (κ3) is 4.64. The molecule has 1 amide bonds. The maximum Gasteiger partial charge on any atom is 0.267 e. The first-order chi connectivity index (χ1) is 14.2. The van der Waals surface area contributed by atoms with Crippen LogP contribution >= 0.6 is 11.3 Å². The molecule has 0 bridgehead atoms. The highest BCUT2D eigenvalue weighted by molar-refractivity contribution is 7.86. The minimum Gasteiger partial charge on any atom is -0.488 e. The maximum atomic E-state index is 12.4. The summed E-state index contributed by atoms with van der Waals surface area (Å²) < 4.78 is 38.6. The largest absolute Gasteiger partial charge is 0.488 e. The summed E-state index contributed by atoms with van der Waals surface area (Å²) in [7, 11) is -4.30. The number of carbonyl (C=O) groups excluding carboxylic acids is 1. The normalized spacial score (nSPS) is 22.8. The average Bonchev–Trinajstić information content (AvgIpc) is 3.18. The van der Waals surface area contributed by atoms with Gasteiger partial charge in [0.25, 0.3) is 10.1 Å². The zero-order valence-electron chi connectivity index (χ0n) is 16.4. The van der Waals surface area contributed by atoms with E-state index >= 15 is 0 Å². The summed E-state index contributed by atoms with van der Waals surface area (Å²) in [6, 6.07) is 9.12. The van der Waals surface area contributed by atoms with Crippen molar-refractivity contribution >= 4 is 27.4 Å². The lowest BCUT2D eigenvalue weighted by molar-refractivity contribution is -0.137. The molecule has 2 aromatic heterocycles. The lowest BCUT2D eigenvalue weighted by atomic mass is 9.68. The Morgan fingerprint density at radius 1 is 1.43 bits per heavy atom. The number of thiophene rings is 1. The Hall–Kier alpha value is -2.48. The van der Waals surface area contributed by atoms with Gasteiger partial charge in [-0.15, -0.1) is 11.3 Å². The van der Waals surface area contributed by atoms with E-state index in [0.717, 1.165) is 17.7 Å². The number of rotatable bonds is 7. The van der Waals surface area contributed by atoms with Gasteiger partial charge in [-0.25, -0.2) is 0 Å². The van der Waals surface area contributed by atoms with Crippen LogP contribution < -0.4 is 10.5 Å². The summed E-state index contributed by atoms with van der Waals surface area (Å²) in [6.45, 7) is 1.36. The van der Waals surface area contributed by atoms with Gasteiger partial charge in [-0.05, 0) is 56.9 Å². The third-order valence-electron chi connectivity index (χ3n) is 5.59. The van der Waals surface area contributed by atoms with Gasteiger partial charge in [-0.1, -0.05) is 6.42 Å². The Balaban J connectivity index is 1.83. The molecule has 2 aromatic rings. The number of primary amides is 1. The van der Waals surface area contributed by atoms with Gasteiger partial charge in [-0.2, -0.15) is 13.7 Å². The summed E-state index contributed by atoms with van der Waals surface area (Å²) in [5.74, 6) is -0.192. The van der Waals surface area contributed by atoms with Gasteiger partial charge >= 0.3 is 0 Å². The second-order valence-corrected chi connectivity index (χ2v) is 10.5. The number of nitrogens with zero attached hydrogens (tertiary/aromatic N) is 2. The van der Waals surface area contributed by atoms with Crippen LogP contribution in [-0.4, -0.2) is 35.2 Å². The average molecular weight is 450 g/mol. The van der Waals surface area contributed by atoms with Crippen LogP contribution in [-0.2, 0) is 14.9 Å². The molecule has 8 nitrogen and oxygen atoms in total. The molecular weight excluding hydrogens is 426 g/mol. The molecule has 0 aromatic carbocycles. The molecular formula is C20H23N3O5S2. The molecule has 1 fully saturated rings. The minimum atomic E-state index is -4.30. The van der Waals surface area contributed by atoms with Gasteiger partial charge in [-0.3, -0.25) is 14.3 Å². The molecule has 3 rings (SSSR count). The summed E-state index contributed by atoms with van der Waals surface area (Å²) in [6.07, 6.45) is 3.28. The van der Waals surface area contributed by atoms with Crippen molar-refractivity contribution in [3.8, 4) is 22.4 Å². The molecule has 0 saturated heterocycles. The van der Waals surface area contributed by atoms with Crippen LogP contribution in [0.15, 0.2) is 30.5 Å². The van der Waals surface area contributed by atoms with Crippen LogP contribution in [0.2, 0.25) is 0 Å². The highest BCUT2D eigenvalue weighted by atomic mass is 32.2. The second-order valence-electron chi connectivity index (χ2n) is 7.56. The van der Waals surface area contributed by atoms with E-state index in [1.54, 1.807) is 18.2 Å². The molecule has 160 valence electrons. The first kappa shape index (κ1) is 22.2. The Morgan fingerprint density at radius 2 is 2.20 bits per heavy atom. The fraction of sp³-hybridized carbons (Fsp3) is 0.450. The van der Waals surface area contributed by atoms with Crippen molar-refractivity contribution in [1.29, 1.82) is 5.26 Å². The molecule has 1 aliphatic rings. The zero-order chi connectivity index (χ0) is 21.9. The van der Waals surface area contributed by atoms with E-state index < -0.39 is 32.8 Å². The first-order valence-corrected chi connectivity index (χ1v) is 11.9. The van der Waals surface area contributed by atoms with Crippen LogP contribution in [0.3, 0.4) is 0 Å². The van der Waals surface area contributed by atoms with Crippen molar-refractivity contribution < 1.29 is 22.5 Å². The molecule has 0 aliphatic heterocycles. The fourth-order valence-electron chi connectivity index (χ4n) is 3.91. The number of aromatic nitrogens is 1. The van der Waals surface area contributed by atoms with Gasteiger partial charge < -0.3 is 10.5 Å². The van der Waals surface area contributed by atoms with Crippen LogP contribution in [0.5, 0.6) is 5.75 Å². The minimum absolute atomic E-state index is 0.108. The van der Waals surface area contributed by atoms with Crippen molar-refractivity contribution in [3.63, 3.8) is 0 Å². The third-order valence-corrected chi connectivity index (χ3v) is 7.79. The van der Waals surface area contributed by atoms with E-state index in [2.05, 4.69) is 11.1 Å². The van der Waals surface area contributed by atoms with E-state index in [4.69, 9.17) is 15.7 Å². The summed E-state index contributed by atoms with van der Waals surface area (Å²) in [5, 5.41) is 7.82. The predicted octanol–water partition coefficient (Wildman–Crippen LogP) is 3.14. The second kappa shape index (κ2) is 8.71. The van der Waals surface area contributed by atoms with E-state index in [9.17, 15) is 17.8 Å². The van der Waals surface area contributed by atoms with Gasteiger partial charge in [0.2, 0.25) is 5.91 Å². The summed E-state index contributed by atoms with van der Waals surface area (Å²) in [5.41, 5.74) is 5.22. The number of carbonyl (C=O) groups is 1. The first-order valence-electron chi connectivity index (χ1n) is 9.55. The Morgan fingerprint density at radius 3 is 2.77 bits per heavy atom. The molecule has 0 spiro atoms. The van der Waals surface area contributed by atoms with Gasteiger partial charge in [0, 0.05) is 0 Å². The predicted molar refractivity (Wildman–Crippen MR) is 112 cm³/mol. The highest BCUT2D eigenvalue weighted by Gasteiger charge is 2.49. The fourth-order valence-corrected chi connectivity index (χ4v) is 5.20. The molecule has 1 unspecified atom stereocenters. The van der Waals surface area contributed by atoms with Crippen molar-refractivity contribution in [1.82, 2.24) is 4.98 Å². The van der Waals surface area contributed by atoms with Crippen molar-refractivity contribution in [2.24, 2.45) is 11.1 Å². The molecule has 1 saturated carbocycles. The SMILES string of the molecule is CC(C[C@@]1(C(N)=O)CCCC[C@H]1Oc1ccc(-c2ccc(C#N)s2)nc1)S(=O)(=O)O. The number of ether oxygens (including phenoxy) is 1. The van der Waals surface area contributed by atoms with Gasteiger partial charge in [0.15, 0.2) is 0 Å². The molecule has 30 heavy (non-hydrogen) atoms. The van der Waals surface area contributed by atoms with Crippen LogP contribution in [0.25, 0.3) is 10.6 Å². The lowest BCUT2D eigenvalue weighted by Crippen LogP contribution is -2.53. The van der Waals surface area contributed by atoms with Crippen LogP contribution in [0.1, 0.15) is 43.9 Å². The Labute approximate surface area is 179 Å². The smallest absolute Gasteiger partial charge is 0.267 e. The molecule has 10 heteroatoms. The monoisotopic (exact) mass is 449 g/mol. The molecule has 3 N–H and O–H groups in total. The van der Waals surface area contributed by atoms with E-state index in [1.165, 1.54) is 24.5 Å². The Kier molecular flexibility index (Phi) is 6.45. The number of hydrogen-bond acceptors (Lipinski definition) is 7. The van der Waals surface area contributed by atoms with Crippen molar-refractivity contribution in [2.45, 2.75) is 50.4 Å². The topological polar surface area (TPSA) is 143 Å². The quantitative estimate of drug-likeness (QED) is 0.618. The number of pyridine rings is 1. The molecule has 3 atom stereocenters. The highest BCUT2D eigenvalue weighted by Crippen LogP contribution is 2.43. The molecule has 1 aliphatic carbocycles. The van der Waals surface area contributed by atoms with Crippen molar-refractivity contribution in [2.75, 3.05) is 0 Å². The maximum absolute atomic E-state index is 12.4. The van der Waals surface area contributed by atoms with Crippen molar-refractivity contribution in [3.05, 3.63) is 35.3 Å². The van der Waals surface area contributed by atoms with E-state index in [0.29, 0.717) is 29.2 Å². The molecule has 2 heterocycles. The lowest BCUT2D eigenvalue weighted by Gasteiger charge is -2.42. The number of nitriles is 1. The summed E-state index contributed by atoms with van der Waals surface area (Å²) >= 11 is 1.33. The number of hydrogen-bond donors (Lipinski definition) is 2. The summed E-state index contributed by atoms with van der Waals surface area (Å²) in [4.78, 5) is 18.3. The van der Waals surface area contributed by atoms with E-state index in [1.807, 2.05) is 6.07 Å². The number of amides is 1. The molecule has 0 radical (unpaired) electrons. The van der Waals surface area contributed by atoms with Gasteiger partial charge in [0.05, 0.1) is 27.4 Å². The number of nitrogens with two attached hydrogens (primary N) is 1. The van der Waals surface area contributed by atoms with Crippen LogP contribution in [0, 0.1) is 16.7 Å². The standard InChI is InChI=1S/C20H23N3O5S2/c1-13(30(25,26)27)10-20(19(22)24)9-3-2-4-18(20)28-14-5-7-16(23-12-14)17-8-6-15(11-21)29-17/h5-8,12-13,18H,2-4,9-10H2,1H3,(H2,22,24)(H,25,26,27)/t13?,18-,20+/m1/s1. The zero-order valence-corrected chi connectivity index (χ0v) is 18.1.